The lowest BCUT2D eigenvalue weighted by molar-refractivity contribution is -0.668. The van der Waals surface area contributed by atoms with Crippen LogP contribution in [0.3, 0.4) is 0 Å². The van der Waals surface area contributed by atoms with Crippen molar-refractivity contribution in [1.82, 2.24) is 0 Å². The van der Waals surface area contributed by atoms with Crippen molar-refractivity contribution in [2.75, 3.05) is 11.1 Å². The number of thioether (sulfide) groups is 1. The number of para-hydroxylation sites is 2. The summed E-state index contributed by atoms with van der Waals surface area (Å²) in [6, 6.07) is 16.4. The molecule has 2 N–H and O–H groups in total. The van der Waals surface area contributed by atoms with Crippen LogP contribution in [-0.4, -0.2) is 18.7 Å². The van der Waals surface area contributed by atoms with Crippen molar-refractivity contribution in [2.24, 2.45) is 0 Å². The van der Waals surface area contributed by atoms with Crippen molar-refractivity contribution in [3.63, 3.8) is 0 Å². The van der Waals surface area contributed by atoms with Crippen LogP contribution in [0.25, 0.3) is 16.3 Å². The van der Waals surface area contributed by atoms with Gasteiger partial charge in [-0.2, -0.15) is 13.0 Å². The normalized spacial score (nSPS) is 15.5. The number of hydrogen-bond donors (Lipinski definition) is 2. The first-order valence-electron chi connectivity index (χ1n) is 9.75. The molecule has 1 aliphatic rings. The van der Waals surface area contributed by atoms with Crippen LogP contribution in [0.1, 0.15) is 24.8 Å². The third-order valence-electron chi connectivity index (χ3n) is 4.82. The Morgan fingerprint density at radius 2 is 1.93 bits per heavy atom. The van der Waals surface area contributed by atoms with Crippen LogP contribution in [0, 0.1) is 0 Å². The Morgan fingerprint density at radius 1 is 1.17 bits per heavy atom. The second kappa shape index (κ2) is 8.93. The molecule has 0 atom stereocenters. The fourth-order valence-corrected chi connectivity index (χ4v) is 6.01. The molecule has 0 radical (unpaired) electrons. The lowest BCUT2D eigenvalue weighted by atomic mass is 10.2. The molecule has 3 aromatic rings. The van der Waals surface area contributed by atoms with Crippen LogP contribution in [-0.2, 0) is 16.7 Å². The van der Waals surface area contributed by atoms with Crippen molar-refractivity contribution in [1.29, 1.82) is 0 Å². The van der Waals surface area contributed by atoms with Gasteiger partial charge in [0.15, 0.2) is 6.54 Å². The first-order chi connectivity index (χ1) is 14.4. The van der Waals surface area contributed by atoms with Gasteiger partial charge in [-0.3, -0.25) is 4.55 Å². The quantitative estimate of drug-likeness (QED) is 0.370. The minimum absolute atomic E-state index is 0.239. The zero-order valence-corrected chi connectivity index (χ0v) is 19.0. The van der Waals surface area contributed by atoms with E-state index in [1.54, 1.807) is 23.1 Å². The summed E-state index contributed by atoms with van der Waals surface area (Å²) in [6.07, 6.45) is 5.59. The van der Waals surface area contributed by atoms with Gasteiger partial charge in [0, 0.05) is 23.5 Å². The molecule has 2 heterocycles. The highest BCUT2D eigenvalue weighted by Crippen LogP contribution is 2.41. The molecule has 5 nitrogen and oxygen atoms in total. The molecule has 0 unspecified atom stereocenters. The summed E-state index contributed by atoms with van der Waals surface area (Å²) in [7, 11) is -3.96. The highest BCUT2D eigenvalue weighted by molar-refractivity contribution is 8.03. The Hall–Kier alpha value is -2.13. The highest BCUT2D eigenvalue weighted by Gasteiger charge is 2.20. The molecule has 156 valence electrons. The van der Waals surface area contributed by atoms with Gasteiger partial charge in [0.05, 0.1) is 16.5 Å². The van der Waals surface area contributed by atoms with Gasteiger partial charge in [0.25, 0.3) is 15.1 Å². The summed E-state index contributed by atoms with van der Waals surface area (Å²) in [5.74, 6) is -0.239. The van der Waals surface area contributed by atoms with Gasteiger partial charge in [-0.25, -0.2) is 0 Å². The van der Waals surface area contributed by atoms with E-state index in [2.05, 4.69) is 47.2 Å². The number of aromatic nitrogens is 1. The largest absolute Gasteiger partial charge is 0.349 e. The summed E-state index contributed by atoms with van der Waals surface area (Å²) in [5.41, 5.74) is 3.40. The second-order valence-corrected chi connectivity index (χ2v) is 10.7. The third-order valence-corrected chi connectivity index (χ3v) is 7.75. The van der Waals surface area contributed by atoms with Crippen LogP contribution in [0.5, 0.6) is 0 Å². The van der Waals surface area contributed by atoms with Gasteiger partial charge in [-0.15, -0.1) is 0 Å². The smallest absolute Gasteiger partial charge is 0.265 e. The molecule has 0 saturated heterocycles. The van der Waals surface area contributed by atoms with Gasteiger partial charge in [0.1, 0.15) is 4.70 Å². The summed E-state index contributed by atoms with van der Waals surface area (Å²) in [4.78, 5) is 1.22. The maximum absolute atomic E-state index is 11.1. The minimum atomic E-state index is -3.96. The van der Waals surface area contributed by atoms with Crippen molar-refractivity contribution < 1.29 is 17.5 Å². The first-order valence-corrected chi connectivity index (χ1v) is 13.0. The summed E-state index contributed by atoms with van der Waals surface area (Å²) < 4.78 is 34.7. The van der Waals surface area contributed by atoms with E-state index >= 15 is 0 Å². The Balaban J connectivity index is 1.65. The van der Waals surface area contributed by atoms with E-state index in [1.807, 2.05) is 30.3 Å². The molecule has 30 heavy (non-hydrogen) atoms. The van der Waals surface area contributed by atoms with Crippen molar-refractivity contribution in [3.05, 3.63) is 70.2 Å². The molecular formula is C22H23N2O3S3+. The van der Waals surface area contributed by atoms with E-state index in [0.717, 1.165) is 32.4 Å². The van der Waals surface area contributed by atoms with Crippen LogP contribution >= 0.6 is 23.1 Å². The summed E-state index contributed by atoms with van der Waals surface area (Å²) in [5, 5.41) is 5.63. The van der Waals surface area contributed by atoms with Gasteiger partial charge >= 0.3 is 0 Å². The molecule has 1 aliphatic heterocycles. The maximum Gasteiger partial charge on any atom is 0.265 e. The number of hydrogen-bond acceptors (Lipinski definition) is 5. The van der Waals surface area contributed by atoms with E-state index in [0.29, 0.717) is 13.0 Å². The number of fused-ring (bicyclic) bond motifs is 2. The maximum atomic E-state index is 11.1. The molecule has 0 amide bonds. The van der Waals surface area contributed by atoms with E-state index in [-0.39, 0.29) is 5.75 Å². The fraction of sp³-hybridized carbons (Fsp3) is 0.227. The minimum Gasteiger partial charge on any atom is -0.349 e. The first kappa shape index (κ1) is 21.1. The fourth-order valence-electron chi connectivity index (χ4n) is 3.37. The summed E-state index contributed by atoms with van der Waals surface area (Å²) >= 11 is 3.42. The number of anilines is 1. The van der Waals surface area contributed by atoms with Crippen molar-refractivity contribution in [3.8, 4) is 0 Å². The average molecular weight is 460 g/mol. The third kappa shape index (κ3) is 4.95. The lowest BCUT2D eigenvalue weighted by Gasteiger charge is -2.02. The van der Waals surface area contributed by atoms with E-state index in [9.17, 15) is 8.42 Å². The van der Waals surface area contributed by atoms with Crippen LogP contribution in [0.4, 0.5) is 5.69 Å². The SMILES string of the molecule is CCC(=Cc1sc2ccccc2[n+]1CCCS(=O)(=O)O)C=C1Nc2ccccc2S1. The zero-order valence-electron chi connectivity index (χ0n) is 16.5. The number of benzene rings is 2. The van der Waals surface area contributed by atoms with Crippen LogP contribution < -0.4 is 9.88 Å². The average Bonchev–Trinajstić information content (AvgIpc) is 3.27. The molecule has 1 aromatic heterocycles. The molecule has 8 heteroatoms. The van der Waals surface area contributed by atoms with Gasteiger partial charge in [-0.05, 0) is 36.3 Å². The molecule has 0 saturated carbocycles. The van der Waals surface area contributed by atoms with Gasteiger partial charge in [0.2, 0.25) is 5.52 Å². The Morgan fingerprint density at radius 3 is 2.70 bits per heavy atom. The molecule has 0 fully saturated rings. The topological polar surface area (TPSA) is 70.3 Å². The number of aryl methyl sites for hydroxylation is 1. The van der Waals surface area contributed by atoms with Gasteiger partial charge in [-0.1, -0.05) is 54.3 Å². The Bertz CT molecular complexity index is 1220. The van der Waals surface area contributed by atoms with Crippen LogP contribution in [0.2, 0.25) is 0 Å². The van der Waals surface area contributed by atoms with E-state index in [1.165, 1.54) is 10.5 Å². The molecular weight excluding hydrogens is 436 g/mol. The standard InChI is InChI=1S/C22H22N2O3S3/c1-2-16(14-21-23-17-8-3-5-10-19(17)28-21)15-22-24(12-7-13-30(25,26)27)18-9-4-6-11-20(18)29-22/h3-6,8-11,14-15H,2,7,12-13H2,1H3,(H,25,26,27)/p+1. The second-order valence-electron chi connectivity index (χ2n) is 7.00. The monoisotopic (exact) mass is 459 g/mol. The number of thiazole rings is 1. The van der Waals surface area contributed by atoms with E-state index < -0.39 is 10.1 Å². The highest BCUT2D eigenvalue weighted by atomic mass is 32.2. The summed E-state index contributed by atoms with van der Waals surface area (Å²) in [6.45, 7) is 2.66. The van der Waals surface area contributed by atoms with Crippen molar-refractivity contribution >= 4 is 55.2 Å². The van der Waals surface area contributed by atoms with Crippen LogP contribution in [0.15, 0.2) is 70.1 Å². The molecule has 0 bridgehead atoms. The number of nitrogens with zero attached hydrogens (tertiary/aromatic N) is 1. The van der Waals surface area contributed by atoms with E-state index in [4.69, 9.17) is 4.55 Å². The zero-order chi connectivity index (χ0) is 21.1. The molecule has 4 rings (SSSR count). The predicted octanol–water partition coefficient (Wildman–Crippen LogP) is 5.32. The number of nitrogens with one attached hydrogen (secondary N) is 1. The van der Waals surface area contributed by atoms with Gasteiger partial charge < -0.3 is 5.32 Å². The Labute approximate surface area is 184 Å². The molecule has 2 aromatic carbocycles. The van der Waals surface area contributed by atoms with Crippen molar-refractivity contribution in [2.45, 2.75) is 31.2 Å². The number of allylic oxidation sites excluding steroid dienone is 2. The lowest BCUT2D eigenvalue weighted by Crippen LogP contribution is -2.36. The predicted molar refractivity (Wildman–Crippen MR) is 125 cm³/mol. The molecule has 0 spiro atoms. The number of rotatable bonds is 7. The molecule has 0 aliphatic carbocycles. The Kier molecular flexibility index (Phi) is 6.29.